The van der Waals surface area contributed by atoms with Gasteiger partial charge in [-0.05, 0) is 60.0 Å². The van der Waals surface area contributed by atoms with Crippen molar-refractivity contribution in [2.24, 2.45) is 0 Å². The summed E-state index contributed by atoms with van der Waals surface area (Å²) in [7, 11) is 0. The van der Waals surface area contributed by atoms with E-state index in [9.17, 15) is 9.59 Å². The average molecular weight is 532 g/mol. The average Bonchev–Trinajstić information content (AvgIpc) is 3.56. The third-order valence-corrected chi connectivity index (χ3v) is 7.36. The van der Waals surface area contributed by atoms with Crippen molar-refractivity contribution < 1.29 is 23.4 Å². The number of hydrogen-bond donors (Lipinski definition) is 0. The van der Waals surface area contributed by atoms with Crippen LogP contribution in [0.3, 0.4) is 0 Å². The van der Waals surface area contributed by atoms with Gasteiger partial charge in [-0.2, -0.15) is 0 Å². The van der Waals surface area contributed by atoms with Crippen LogP contribution in [0, 0.1) is 6.92 Å². The van der Waals surface area contributed by atoms with Gasteiger partial charge in [-0.15, -0.1) is 0 Å². The quantitative estimate of drug-likeness (QED) is 0.261. The molecule has 1 unspecified atom stereocenters. The monoisotopic (exact) mass is 531 g/mol. The largest absolute Gasteiger partial charge is 0.489 e. The molecule has 2 aliphatic rings. The van der Waals surface area contributed by atoms with E-state index in [1.165, 1.54) is 0 Å². The van der Waals surface area contributed by atoms with Crippen molar-refractivity contribution in [2.45, 2.75) is 26.1 Å². The Bertz CT molecular complexity index is 1810. The van der Waals surface area contributed by atoms with Gasteiger partial charge in [-0.1, -0.05) is 60.2 Å². The van der Waals surface area contributed by atoms with Gasteiger partial charge >= 0.3 is 0 Å². The lowest BCUT2D eigenvalue weighted by Crippen LogP contribution is -2.29. The number of rotatable bonds is 6. The first-order valence-corrected chi connectivity index (χ1v) is 13.1. The Morgan fingerprint density at radius 1 is 0.850 bits per heavy atom. The van der Waals surface area contributed by atoms with Crippen molar-refractivity contribution in [2.75, 3.05) is 6.79 Å². The molecule has 1 atom stereocenters. The Hall–Kier alpha value is -5.04. The van der Waals surface area contributed by atoms with Gasteiger partial charge in [-0.25, -0.2) is 0 Å². The third kappa shape index (κ3) is 4.16. The molecule has 0 saturated carbocycles. The van der Waals surface area contributed by atoms with E-state index >= 15 is 0 Å². The predicted octanol–water partition coefficient (Wildman–Crippen LogP) is 6.15. The second-order valence-corrected chi connectivity index (χ2v) is 10.0. The van der Waals surface area contributed by atoms with Crippen LogP contribution in [0.5, 0.6) is 17.2 Å². The van der Waals surface area contributed by atoms with Crippen molar-refractivity contribution in [3.8, 4) is 17.2 Å². The third-order valence-electron chi connectivity index (χ3n) is 7.36. The van der Waals surface area contributed by atoms with Crippen LogP contribution in [0.2, 0.25) is 0 Å². The van der Waals surface area contributed by atoms with Crippen molar-refractivity contribution in [1.82, 2.24) is 4.90 Å². The summed E-state index contributed by atoms with van der Waals surface area (Å²) in [5.74, 6) is 1.74. The van der Waals surface area contributed by atoms with Crippen molar-refractivity contribution >= 4 is 16.9 Å². The molecule has 1 aromatic heterocycles. The van der Waals surface area contributed by atoms with Gasteiger partial charge in [0.1, 0.15) is 17.9 Å². The van der Waals surface area contributed by atoms with E-state index < -0.39 is 6.04 Å². The van der Waals surface area contributed by atoms with E-state index in [2.05, 4.69) is 0 Å². The SMILES string of the molecule is Cc1ccc2oc3c(c(=O)c2c1)C(c1ccc(OCc2ccccc2)cc1)N(Cc1ccc2c(c1)OCO2)C3=O. The van der Waals surface area contributed by atoms with E-state index in [1.54, 1.807) is 11.0 Å². The Morgan fingerprint density at radius 2 is 1.65 bits per heavy atom. The minimum atomic E-state index is -0.628. The molecule has 2 aliphatic heterocycles. The first-order valence-electron chi connectivity index (χ1n) is 13.1. The number of carbonyl (C=O) groups is 1. The van der Waals surface area contributed by atoms with Crippen molar-refractivity contribution in [3.05, 3.63) is 135 Å². The molecular formula is C33H25NO6. The van der Waals surface area contributed by atoms with Gasteiger partial charge in [0.15, 0.2) is 16.9 Å². The van der Waals surface area contributed by atoms with Crippen LogP contribution in [0.4, 0.5) is 0 Å². The number of benzene rings is 4. The molecule has 198 valence electrons. The summed E-state index contributed by atoms with van der Waals surface area (Å²) in [6.45, 7) is 2.79. The second kappa shape index (κ2) is 9.61. The molecule has 0 radical (unpaired) electrons. The van der Waals surface area contributed by atoms with Gasteiger partial charge in [0.2, 0.25) is 12.6 Å². The number of nitrogens with zero attached hydrogens (tertiary/aromatic N) is 1. The summed E-state index contributed by atoms with van der Waals surface area (Å²) in [4.78, 5) is 29.4. The van der Waals surface area contributed by atoms with Crippen LogP contribution in [-0.2, 0) is 13.2 Å². The van der Waals surface area contributed by atoms with Gasteiger partial charge < -0.3 is 23.5 Å². The predicted molar refractivity (Wildman–Crippen MR) is 149 cm³/mol. The zero-order valence-electron chi connectivity index (χ0n) is 21.8. The van der Waals surface area contributed by atoms with E-state index in [0.29, 0.717) is 40.4 Å². The molecule has 0 bridgehead atoms. The molecule has 7 rings (SSSR count). The fraction of sp³-hybridized carbons (Fsp3) is 0.152. The van der Waals surface area contributed by atoms with E-state index in [0.717, 1.165) is 22.3 Å². The lowest BCUT2D eigenvalue weighted by atomic mass is 9.97. The summed E-state index contributed by atoms with van der Waals surface area (Å²) in [6.07, 6.45) is 0. The maximum Gasteiger partial charge on any atom is 0.291 e. The van der Waals surface area contributed by atoms with E-state index in [-0.39, 0.29) is 30.4 Å². The standard InChI is InChI=1S/C33H25NO6/c1-20-7-13-26-25(15-20)31(35)29-30(23-9-11-24(12-10-23)37-18-21-5-3-2-4-6-21)34(33(36)32(29)40-26)17-22-8-14-27-28(16-22)39-19-38-27/h2-16,30H,17-19H2,1H3. The molecule has 7 heteroatoms. The Labute approximate surface area is 230 Å². The Kier molecular flexibility index (Phi) is 5.77. The Balaban J connectivity index is 1.28. The van der Waals surface area contributed by atoms with Crippen LogP contribution >= 0.6 is 0 Å². The fourth-order valence-electron chi connectivity index (χ4n) is 5.37. The number of carbonyl (C=O) groups excluding carboxylic acids is 1. The molecule has 3 heterocycles. The van der Waals surface area contributed by atoms with E-state index in [1.807, 2.05) is 91.9 Å². The van der Waals surface area contributed by atoms with Crippen LogP contribution in [0.1, 0.15) is 44.4 Å². The van der Waals surface area contributed by atoms with Crippen molar-refractivity contribution in [3.63, 3.8) is 0 Å². The molecule has 0 aliphatic carbocycles. The lowest BCUT2D eigenvalue weighted by Gasteiger charge is -2.25. The van der Waals surface area contributed by atoms with Crippen molar-refractivity contribution in [1.29, 1.82) is 0 Å². The fourth-order valence-corrected chi connectivity index (χ4v) is 5.37. The number of fused-ring (bicyclic) bond motifs is 3. The normalized spacial score (nSPS) is 15.5. The molecule has 0 saturated heterocycles. The molecule has 40 heavy (non-hydrogen) atoms. The summed E-state index contributed by atoms with van der Waals surface area (Å²) >= 11 is 0. The van der Waals surface area contributed by atoms with Crippen LogP contribution in [-0.4, -0.2) is 17.6 Å². The molecule has 0 spiro atoms. The highest BCUT2D eigenvalue weighted by Gasteiger charge is 2.42. The summed E-state index contributed by atoms with van der Waals surface area (Å²) in [5.41, 5.74) is 4.20. The highest BCUT2D eigenvalue weighted by Crippen LogP contribution is 2.41. The molecule has 0 N–H and O–H groups in total. The molecule has 5 aromatic rings. The highest BCUT2D eigenvalue weighted by molar-refractivity contribution is 5.99. The summed E-state index contributed by atoms with van der Waals surface area (Å²) in [6, 6.07) is 27.9. The second-order valence-electron chi connectivity index (χ2n) is 10.0. The first-order chi connectivity index (χ1) is 19.5. The molecular weight excluding hydrogens is 506 g/mol. The highest BCUT2D eigenvalue weighted by atomic mass is 16.7. The van der Waals surface area contributed by atoms with Gasteiger partial charge in [0.25, 0.3) is 5.91 Å². The molecule has 4 aromatic carbocycles. The van der Waals surface area contributed by atoms with Gasteiger partial charge in [0, 0.05) is 6.54 Å². The maximum atomic E-state index is 13.9. The molecule has 0 fully saturated rings. The number of aryl methyl sites for hydroxylation is 1. The minimum Gasteiger partial charge on any atom is -0.489 e. The van der Waals surface area contributed by atoms with E-state index in [4.69, 9.17) is 18.6 Å². The summed E-state index contributed by atoms with van der Waals surface area (Å²) in [5, 5.41) is 0.462. The number of ether oxygens (including phenoxy) is 3. The minimum absolute atomic E-state index is 0.0801. The zero-order valence-corrected chi connectivity index (χ0v) is 21.8. The van der Waals surface area contributed by atoms with Crippen LogP contribution in [0.15, 0.2) is 100 Å². The smallest absolute Gasteiger partial charge is 0.291 e. The molecule has 1 amide bonds. The van der Waals surface area contributed by atoms with Gasteiger partial charge in [0.05, 0.1) is 17.0 Å². The van der Waals surface area contributed by atoms with Gasteiger partial charge in [-0.3, -0.25) is 9.59 Å². The first kappa shape index (κ1) is 24.0. The lowest BCUT2D eigenvalue weighted by molar-refractivity contribution is 0.0714. The maximum absolute atomic E-state index is 13.9. The zero-order chi connectivity index (χ0) is 27.2. The number of amides is 1. The number of hydrogen-bond acceptors (Lipinski definition) is 6. The van der Waals surface area contributed by atoms with Crippen LogP contribution < -0.4 is 19.6 Å². The summed E-state index contributed by atoms with van der Waals surface area (Å²) < 4.78 is 23.1. The molecule has 7 nitrogen and oxygen atoms in total. The topological polar surface area (TPSA) is 78.2 Å². The van der Waals surface area contributed by atoms with Crippen LogP contribution in [0.25, 0.3) is 11.0 Å². The Morgan fingerprint density at radius 3 is 2.48 bits per heavy atom.